The fraction of sp³-hybridized carbons (Fsp3) is 0.500. The van der Waals surface area contributed by atoms with Gasteiger partial charge in [0.25, 0.3) is 0 Å². The summed E-state index contributed by atoms with van der Waals surface area (Å²) in [5.41, 5.74) is 0.819. The lowest BCUT2D eigenvalue weighted by Crippen LogP contribution is -2.30. The van der Waals surface area contributed by atoms with Gasteiger partial charge in [-0.25, -0.2) is 4.98 Å². The highest BCUT2D eigenvalue weighted by atomic mass is 32.1. The second kappa shape index (κ2) is 7.19. The molecular formula is C12H18N2O2S. The zero-order valence-corrected chi connectivity index (χ0v) is 11.0. The summed E-state index contributed by atoms with van der Waals surface area (Å²) in [5, 5.41) is 11.6. The van der Waals surface area contributed by atoms with Gasteiger partial charge in [-0.05, 0) is 26.3 Å². The van der Waals surface area contributed by atoms with Gasteiger partial charge in [0.2, 0.25) is 5.91 Å². The van der Waals surface area contributed by atoms with E-state index in [9.17, 15) is 4.79 Å². The van der Waals surface area contributed by atoms with E-state index in [0.717, 1.165) is 10.7 Å². The topological polar surface area (TPSA) is 53.4 Å². The number of nitrogens with zero attached hydrogens (tertiary/aromatic N) is 2. The summed E-state index contributed by atoms with van der Waals surface area (Å²) in [6.45, 7) is 5.21. The lowest BCUT2D eigenvalue weighted by molar-refractivity contribution is -0.125. The molecule has 0 saturated carbocycles. The van der Waals surface area contributed by atoms with Crippen LogP contribution in [0.5, 0.6) is 0 Å². The summed E-state index contributed by atoms with van der Waals surface area (Å²) >= 11 is 1.56. The molecule has 94 valence electrons. The van der Waals surface area contributed by atoms with Crippen LogP contribution in [0.4, 0.5) is 0 Å². The first kappa shape index (κ1) is 13.9. The maximum Gasteiger partial charge on any atom is 0.246 e. The Kier molecular flexibility index (Phi) is 5.86. The van der Waals surface area contributed by atoms with E-state index in [1.165, 1.54) is 6.08 Å². The minimum absolute atomic E-state index is 0.0356. The number of aromatic nitrogens is 1. The fourth-order valence-electron chi connectivity index (χ4n) is 1.40. The van der Waals surface area contributed by atoms with E-state index in [0.29, 0.717) is 19.5 Å². The molecule has 0 aliphatic heterocycles. The number of aliphatic hydroxyl groups excluding tert-OH is 1. The Labute approximate surface area is 106 Å². The highest BCUT2D eigenvalue weighted by Gasteiger charge is 2.07. The molecule has 1 heterocycles. The van der Waals surface area contributed by atoms with Crippen molar-refractivity contribution in [3.8, 4) is 0 Å². The number of likely N-dealkylation sites (N-methyl/N-ethyl adjacent to an activating group) is 1. The highest BCUT2D eigenvalue weighted by Crippen LogP contribution is 2.09. The minimum Gasteiger partial charge on any atom is -0.396 e. The van der Waals surface area contributed by atoms with Crippen LogP contribution in [0.1, 0.15) is 24.0 Å². The molecule has 5 heteroatoms. The Morgan fingerprint density at radius 1 is 1.65 bits per heavy atom. The maximum atomic E-state index is 11.8. The van der Waals surface area contributed by atoms with Crippen LogP contribution < -0.4 is 0 Å². The molecule has 0 spiro atoms. The highest BCUT2D eigenvalue weighted by molar-refractivity contribution is 7.09. The third kappa shape index (κ3) is 4.66. The van der Waals surface area contributed by atoms with Crippen molar-refractivity contribution in [3.63, 3.8) is 0 Å². The van der Waals surface area contributed by atoms with Crippen molar-refractivity contribution in [2.24, 2.45) is 0 Å². The molecular weight excluding hydrogens is 236 g/mol. The summed E-state index contributed by atoms with van der Waals surface area (Å²) in [6.07, 6.45) is 3.88. The Balaban J connectivity index is 2.54. The van der Waals surface area contributed by atoms with E-state index < -0.39 is 0 Å². The van der Waals surface area contributed by atoms with Crippen LogP contribution in [0.2, 0.25) is 0 Å². The van der Waals surface area contributed by atoms with E-state index in [2.05, 4.69) is 4.98 Å². The Bertz CT molecular complexity index is 388. The molecule has 0 bridgehead atoms. The number of aryl methyl sites for hydroxylation is 1. The summed E-state index contributed by atoms with van der Waals surface area (Å²) in [7, 11) is 0. The minimum atomic E-state index is -0.0356. The summed E-state index contributed by atoms with van der Waals surface area (Å²) in [6, 6.07) is 0. The van der Waals surface area contributed by atoms with E-state index >= 15 is 0 Å². The van der Waals surface area contributed by atoms with Crippen LogP contribution in [0.3, 0.4) is 0 Å². The number of hydrogen-bond donors (Lipinski definition) is 1. The summed E-state index contributed by atoms with van der Waals surface area (Å²) in [4.78, 5) is 17.7. The predicted molar refractivity (Wildman–Crippen MR) is 69.8 cm³/mol. The average molecular weight is 254 g/mol. The first-order valence-corrected chi connectivity index (χ1v) is 6.55. The third-order valence-corrected chi connectivity index (χ3v) is 3.10. The third-order valence-electron chi connectivity index (χ3n) is 2.31. The van der Waals surface area contributed by atoms with Crippen LogP contribution in [-0.2, 0) is 4.79 Å². The number of rotatable bonds is 6. The maximum absolute atomic E-state index is 11.8. The smallest absolute Gasteiger partial charge is 0.246 e. The molecule has 0 aliphatic rings. The molecule has 1 rings (SSSR count). The molecule has 0 atom stereocenters. The predicted octanol–water partition coefficient (Wildman–Crippen LogP) is 1.70. The van der Waals surface area contributed by atoms with Crippen LogP contribution in [0.25, 0.3) is 6.08 Å². The van der Waals surface area contributed by atoms with Gasteiger partial charge in [0.05, 0.1) is 10.7 Å². The molecule has 0 unspecified atom stereocenters. The number of aliphatic hydroxyl groups is 1. The zero-order chi connectivity index (χ0) is 12.7. The number of hydrogen-bond acceptors (Lipinski definition) is 4. The summed E-state index contributed by atoms with van der Waals surface area (Å²) < 4.78 is 0. The number of amides is 1. The average Bonchev–Trinajstić information content (AvgIpc) is 2.73. The molecule has 1 N–H and O–H groups in total. The lowest BCUT2D eigenvalue weighted by atomic mass is 10.3. The van der Waals surface area contributed by atoms with Crippen LogP contribution in [-0.4, -0.2) is 40.6 Å². The second-order valence-corrected chi connectivity index (χ2v) is 4.68. The molecule has 4 nitrogen and oxygen atoms in total. The number of carbonyl (C=O) groups excluding carboxylic acids is 1. The molecule has 1 aromatic heterocycles. The SMILES string of the molecule is CCN(CCCO)C(=O)/C=C/c1csc(C)n1. The monoisotopic (exact) mass is 254 g/mol. The van der Waals surface area contributed by atoms with Gasteiger partial charge in [-0.3, -0.25) is 4.79 Å². The van der Waals surface area contributed by atoms with Gasteiger partial charge < -0.3 is 10.0 Å². The first-order chi connectivity index (χ1) is 8.17. The van der Waals surface area contributed by atoms with Gasteiger partial charge in [-0.1, -0.05) is 0 Å². The van der Waals surface area contributed by atoms with Crippen molar-refractivity contribution < 1.29 is 9.90 Å². The van der Waals surface area contributed by atoms with Gasteiger partial charge in [0.1, 0.15) is 0 Å². The molecule has 0 aliphatic carbocycles. The second-order valence-electron chi connectivity index (χ2n) is 3.62. The van der Waals surface area contributed by atoms with Crippen molar-refractivity contribution in [2.45, 2.75) is 20.3 Å². The number of thiazole rings is 1. The zero-order valence-electron chi connectivity index (χ0n) is 10.2. The van der Waals surface area contributed by atoms with Crippen LogP contribution in [0, 0.1) is 6.92 Å². The van der Waals surface area contributed by atoms with Gasteiger partial charge in [-0.2, -0.15) is 0 Å². The molecule has 0 aromatic carbocycles. The van der Waals surface area contributed by atoms with Crippen molar-refractivity contribution >= 4 is 23.3 Å². The van der Waals surface area contributed by atoms with E-state index in [1.54, 1.807) is 22.3 Å². The van der Waals surface area contributed by atoms with Crippen molar-refractivity contribution in [2.75, 3.05) is 19.7 Å². The largest absolute Gasteiger partial charge is 0.396 e. The Hall–Kier alpha value is -1.20. The van der Waals surface area contributed by atoms with Crippen molar-refractivity contribution in [1.82, 2.24) is 9.88 Å². The van der Waals surface area contributed by atoms with E-state index in [4.69, 9.17) is 5.11 Å². The normalized spacial score (nSPS) is 11.0. The molecule has 0 saturated heterocycles. The molecule has 0 radical (unpaired) electrons. The van der Waals surface area contributed by atoms with E-state index in [1.807, 2.05) is 19.2 Å². The van der Waals surface area contributed by atoms with Crippen molar-refractivity contribution in [3.05, 3.63) is 22.2 Å². The van der Waals surface area contributed by atoms with Gasteiger partial charge >= 0.3 is 0 Å². The summed E-state index contributed by atoms with van der Waals surface area (Å²) in [5.74, 6) is -0.0356. The lowest BCUT2D eigenvalue weighted by Gasteiger charge is -2.18. The van der Waals surface area contributed by atoms with Gasteiger partial charge in [0.15, 0.2) is 0 Å². The van der Waals surface area contributed by atoms with Gasteiger partial charge in [-0.15, -0.1) is 11.3 Å². The van der Waals surface area contributed by atoms with Gasteiger partial charge in [0, 0.05) is 31.2 Å². The Morgan fingerprint density at radius 2 is 2.41 bits per heavy atom. The Morgan fingerprint density at radius 3 is 2.94 bits per heavy atom. The van der Waals surface area contributed by atoms with Crippen molar-refractivity contribution in [1.29, 1.82) is 0 Å². The quantitative estimate of drug-likeness (QED) is 0.786. The van der Waals surface area contributed by atoms with E-state index in [-0.39, 0.29) is 12.5 Å². The van der Waals surface area contributed by atoms with Crippen LogP contribution >= 0.6 is 11.3 Å². The number of carbonyl (C=O) groups is 1. The first-order valence-electron chi connectivity index (χ1n) is 5.67. The molecule has 0 fully saturated rings. The fourth-order valence-corrected chi connectivity index (χ4v) is 1.99. The standard InChI is InChI=1S/C12H18N2O2S/c1-3-14(7-4-8-15)12(16)6-5-11-9-17-10(2)13-11/h5-6,9,15H,3-4,7-8H2,1-2H3/b6-5+. The van der Waals surface area contributed by atoms with Crippen LogP contribution in [0.15, 0.2) is 11.5 Å². The molecule has 17 heavy (non-hydrogen) atoms. The molecule has 1 amide bonds. The molecule has 1 aromatic rings.